The van der Waals surface area contributed by atoms with Gasteiger partial charge in [0.15, 0.2) is 0 Å². The molecular weight excluding hydrogens is 151 g/mol. The van der Waals surface area contributed by atoms with E-state index in [-0.39, 0.29) is 5.82 Å². The third kappa shape index (κ3) is 2.33. The second kappa shape index (κ2) is 4.24. The van der Waals surface area contributed by atoms with Crippen LogP contribution in [0.3, 0.4) is 0 Å². The largest absolute Gasteiger partial charge is 0.207 e. The molecule has 1 heteroatoms. The molecule has 0 bridgehead atoms. The highest BCUT2D eigenvalue weighted by atomic mass is 19.1. The second-order valence-electron chi connectivity index (χ2n) is 3.02. The van der Waals surface area contributed by atoms with Crippen LogP contribution in [0, 0.1) is 19.2 Å². The predicted molar refractivity (Wildman–Crippen MR) is 49.4 cm³/mol. The summed E-state index contributed by atoms with van der Waals surface area (Å²) in [5.74, 6) is -0.142. The summed E-state index contributed by atoms with van der Waals surface area (Å²) in [5, 5.41) is 0. The number of rotatable bonds is 3. The minimum absolute atomic E-state index is 0.142. The predicted octanol–water partition coefficient (Wildman–Crippen LogP) is 3.29. The number of halogens is 1. The Morgan fingerprint density at radius 2 is 2.17 bits per heavy atom. The number of hydrogen-bond acceptors (Lipinski definition) is 0. The van der Waals surface area contributed by atoms with Crippen LogP contribution in [0.1, 0.15) is 24.5 Å². The highest BCUT2D eigenvalue weighted by Gasteiger charge is 1.98. The van der Waals surface area contributed by atoms with Crippen molar-refractivity contribution in [2.24, 2.45) is 0 Å². The van der Waals surface area contributed by atoms with E-state index in [4.69, 9.17) is 0 Å². The second-order valence-corrected chi connectivity index (χ2v) is 3.02. The molecule has 0 heterocycles. The molecule has 1 rings (SSSR count). The molecule has 1 radical (unpaired) electrons. The molecule has 0 aliphatic carbocycles. The molecule has 0 aliphatic heterocycles. The summed E-state index contributed by atoms with van der Waals surface area (Å²) < 4.78 is 12.7. The van der Waals surface area contributed by atoms with Gasteiger partial charge in [0.25, 0.3) is 0 Å². The van der Waals surface area contributed by atoms with Gasteiger partial charge in [-0.3, -0.25) is 0 Å². The molecule has 0 nitrogen and oxygen atoms in total. The summed E-state index contributed by atoms with van der Waals surface area (Å²) in [4.78, 5) is 0. The van der Waals surface area contributed by atoms with E-state index in [1.165, 1.54) is 11.6 Å². The quantitative estimate of drug-likeness (QED) is 0.644. The summed E-state index contributed by atoms with van der Waals surface area (Å²) in [7, 11) is 0. The van der Waals surface area contributed by atoms with Crippen LogP contribution in [0.2, 0.25) is 0 Å². The Bertz CT molecular complexity index is 253. The molecule has 1 aromatic rings. The average molecular weight is 165 g/mol. The maximum Gasteiger partial charge on any atom is 0.123 e. The zero-order valence-electron chi connectivity index (χ0n) is 7.60. The zero-order valence-corrected chi connectivity index (χ0v) is 7.60. The monoisotopic (exact) mass is 165 g/mol. The average Bonchev–Trinajstić information content (AvgIpc) is 2.03. The lowest BCUT2D eigenvalue weighted by molar-refractivity contribution is 0.625. The standard InChI is InChI=1S/C11H14F/c1-3-4-5-10-6-7-11(12)8-9(10)2/h3,6-8H,4-5H2,1-2H3. The van der Waals surface area contributed by atoms with Crippen LogP contribution in [0.5, 0.6) is 0 Å². The molecule has 65 valence electrons. The van der Waals surface area contributed by atoms with E-state index in [2.05, 4.69) is 6.42 Å². The van der Waals surface area contributed by atoms with Crippen molar-refractivity contribution in [1.29, 1.82) is 0 Å². The smallest absolute Gasteiger partial charge is 0.123 e. The maximum atomic E-state index is 12.7. The van der Waals surface area contributed by atoms with Crippen LogP contribution >= 0.6 is 0 Å². The third-order valence-electron chi connectivity index (χ3n) is 2.01. The van der Waals surface area contributed by atoms with E-state index in [9.17, 15) is 4.39 Å². The number of aryl methyl sites for hydroxylation is 2. The van der Waals surface area contributed by atoms with Crippen LogP contribution in [-0.4, -0.2) is 0 Å². The summed E-state index contributed by atoms with van der Waals surface area (Å²) >= 11 is 0. The van der Waals surface area contributed by atoms with Gasteiger partial charge in [0, 0.05) is 0 Å². The van der Waals surface area contributed by atoms with Crippen molar-refractivity contribution in [3.05, 3.63) is 41.6 Å². The molecule has 0 spiro atoms. The topological polar surface area (TPSA) is 0 Å². The van der Waals surface area contributed by atoms with E-state index in [1.54, 1.807) is 6.07 Å². The lowest BCUT2D eigenvalue weighted by Gasteiger charge is -2.03. The highest BCUT2D eigenvalue weighted by molar-refractivity contribution is 5.26. The first-order valence-electron chi connectivity index (χ1n) is 4.27. The Labute approximate surface area is 73.4 Å². The van der Waals surface area contributed by atoms with Crippen molar-refractivity contribution in [1.82, 2.24) is 0 Å². The molecular formula is C11H14F. The molecule has 0 unspecified atom stereocenters. The molecule has 0 N–H and O–H groups in total. The molecule has 0 saturated heterocycles. The van der Waals surface area contributed by atoms with E-state index in [1.807, 2.05) is 19.9 Å². The van der Waals surface area contributed by atoms with Gasteiger partial charge in [-0.25, -0.2) is 4.39 Å². The van der Waals surface area contributed by atoms with Gasteiger partial charge in [-0.05, 0) is 49.4 Å². The van der Waals surface area contributed by atoms with Gasteiger partial charge in [0.05, 0.1) is 0 Å². The van der Waals surface area contributed by atoms with Crippen molar-refractivity contribution in [2.45, 2.75) is 26.7 Å². The molecule has 0 fully saturated rings. The fraction of sp³-hybridized carbons (Fsp3) is 0.364. The molecule has 0 amide bonds. The van der Waals surface area contributed by atoms with E-state index < -0.39 is 0 Å². The van der Waals surface area contributed by atoms with Crippen LogP contribution < -0.4 is 0 Å². The lowest BCUT2D eigenvalue weighted by atomic mass is 10.0. The van der Waals surface area contributed by atoms with E-state index >= 15 is 0 Å². The summed E-state index contributed by atoms with van der Waals surface area (Å²) in [6, 6.07) is 4.98. The third-order valence-corrected chi connectivity index (χ3v) is 2.01. The van der Waals surface area contributed by atoms with Gasteiger partial charge in [0.2, 0.25) is 0 Å². The summed E-state index contributed by atoms with van der Waals surface area (Å²) in [6.07, 6.45) is 4.21. The molecule has 0 saturated carbocycles. The molecule has 0 aliphatic rings. The van der Waals surface area contributed by atoms with Crippen LogP contribution in [0.25, 0.3) is 0 Å². The fourth-order valence-electron chi connectivity index (χ4n) is 1.24. The van der Waals surface area contributed by atoms with Crippen molar-refractivity contribution in [2.75, 3.05) is 0 Å². The van der Waals surface area contributed by atoms with Gasteiger partial charge >= 0.3 is 0 Å². The van der Waals surface area contributed by atoms with Gasteiger partial charge in [0.1, 0.15) is 5.82 Å². The van der Waals surface area contributed by atoms with Crippen molar-refractivity contribution >= 4 is 0 Å². The minimum Gasteiger partial charge on any atom is -0.207 e. The van der Waals surface area contributed by atoms with Crippen LogP contribution in [-0.2, 0) is 6.42 Å². The fourth-order valence-corrected chi connectivity index (χ4v) is 1.24. The minimum atomic E-state index is -0.142. The highest BCUT2D eigenvalue weighted by Crippen LogP contribution is 2.12. The van der Waals surface area contributed by atoms with Crippen LogP contribution in [0.15, 0.2) is 18.2 Å². The number of benzene rings is 1. The number of hydrogen-bond donors (Lipinski definition) is 0. The van der Waals surface area contributed by atoms with Crippen molar-refractivity contribution < 1.29 is 4.39 Å². The Balaban J connectivity index is 2.72. The lowest BCUT2D eigenvalue weighted by Crippen LogP contribution is -1.90. The van der Waals surface area contributed by atoms with Gasteiger partial charge in [-0.1, -0.05) is 13.0 Å². The Morgan fingerprint density at radius 3 is 2.75 bits per heavy atom. The van der Waals surface area contributed by atoms with Gasteiger partial charge in [-0.2, -0.15) is 0 Å². The molecule has 12 heavy (non-hydrogen) atoms. The zero-order chi connectivity index (χ0) is 8.97. The molecule has 0 aromatic heterocycles. The maximum absolute atomic E-state index is 12.7. The Morgan fingerprint density at radius 1 is 1.42 bits per heavy atom. The first kappa shape index (κ1) is 9.24. The van der Waals surface area contributed by atoms with Crippen LogP contribution in [0.4, 0.5) is 4.39 Å². The van der Waals surface area contributed by atoms with Crippen molar-refractivity contribution in [3.63, 3.8) is 0 Å². The summed E-state index contributed by atoms with van der Waals surface area (Å²) in [5.41, 5.74) is 2.30. The first-order valence-corrected chi connectivity index (χ1v) is 4.27. The Hall–Kier alpha value is -0.850. The van der Waals surface area contributed by atoms with Gasteiger partial charge < -0.3 is 0 Å². The first-order chi connectivity index (χ1) is 5.74. The summed E-state index contributed by atoms with van der Waals surface area (Å²) in [6.45, 7) is 3.99. The number of unbranched alkanes of at least 4 members (excludes halogenated alkanes) is 1. The SMILES string of the molecule is C[CH]CCc1ccc(F)cc1C. The van der Waals surface area contributed by atoms with E-state index in [0.29, 0.717) is 0 Å². The molecule has 1 aromatic carbocycles. The normalized spacial score (nSPS) is 10.2. The van der Waals surface area contributed by atoms with E-state index in [0.717, 1.165) is 18.4 Å². The van der Waals surface area contributed by atoms with Crippen molar-refractivity contribution in [3.8, 4) is 0 Å². The molecule has 0 atom stereocenters. The Kier molecular flexibility index (Phi) is 3.27. The van der Waals surface area contributed by atoms with Gasteiger partial charge in [-0.15, -0.1) is 0 Å².